The van der Waals surface area contributed by atoms with Crippen LogP contribution in [0.25, 0.3) is 32.3 Å². The van der Waals surface area contributed by atoms with Gasteiger partial charge in [0.2, 0.25) is 0 Å². The Hall–Kier alpha value is -2.91. The summed E-state index contributed by atoms with van der Waals surface area (Å²) in [5.41, 5.74) is 0. The lowest BCUT2D eigenvalue weighted by Gasteiger charge is -2.27. The molecule has 0 aromatic heterocycles. The molecule has 0 aliphatic carbocycles. The first-order valence-corrected chi connectivity index (χ1v) is 13.7. The largest absolute Gasteiger partial charge is 0.860 e. The molecular weight excluding hydrogens is 414 g/mol. The summed E-state index contributed by atoms with van der Waals surface area (Å²) < 4.78 is 4.94. The van der Waals surface area contributed by atoms with Crippen LogP contribution in [0.4, 0.5) is 0 Å². The number of hydrogen-bond acceptors (Lipinski definition) is 3. The van der Waals surface area contributed by atoms with Crippen molar-refractivity contribution in [2.24, 2.45) is 0 Å². The number of hydrogen-bond donors (Lipinski definition) is 0. The molecule has 5 aromatic rings. The smallest absolute Gasteiger partial charge is 0.133 e. The number of fused-ring (bicyclic) bond motifs is 4. The average Bonchev–Trinajstić information content (AvgIpc) is 2.78. The van der Waals surface area contributed by atoms with Crippen molar-refractivity contribution in [3.8, 4) is 5.75 Å². The second-order valence-corrected chi connectivity index (χ2v) is 13.1. The molecule has 5 rings (SSSR count). The van der Waals surface area contributed by atoms with E-state index < -0.39 is 14.6 Å². The minimum absolute atomic E-state index is 0.341. The van der Waals surface area contributed by atoms with Gasteiger partial charge in [0.15, 0.2) is 0 Å². The highest BCUT2D eigenvalue weighted by Crippen LogP contribution is 2.44. The molecule has 0 atom stereocenters. The van der Waals surface area contributed by atoms with E-state index in [-0.39, 0.29) is 0 Å². The van der Waals surface area contributed by atoms with Crippen molar-refractivity contribution in [3.05, 3.63) is 97.1 Å². The van der Waals surface area contributed by atoms with Gasteiger partial charge in [-0.25, -0.2) is 0 Å². The first kappa shape index (κ1) is 22.3. The van der Waals surface area contributed by atoms with Gasteiger partial charge in [0.05, 0.1) is 25.3 Å². The van der Waals surface area contributed by atoms with E-state index in [0.717, 1.165) is 32.3 Å². The molecular formula is C27H25BO3P-. The van der Waals surface area contributed by atoms with Crippen LogP contribution in [0.5, 0.6) is 5.75 Å². The molecule has 0 heterocycles. The molecule has 0 fully saturated rings. The van der Waals surface area contributed by atoms with E-state index >= 15 is 0 Å². The van der Waals surface area contributed by atoms with Gasteiger partial charge < -0.3 is 14.7 Å². The van der Waals surface area contributed by atoms with Crippen molar-refractivity contribution in [2.75, 3.05) is 20.0 Å². The SMILES string of the molecule is C[P+](C)(C)c1ccccc1.[O-]B([O-])Oc1cccc2ccc3cc4ccccc4cc3c12. The van der Waals surface area contributed by atoms with Crippen molar-refractivity contribution >= 4 is 52.2 Å². The van der Waals surface area contributed by atoms with Crippen molar-refractivity contribution in [2.45, 2.75) is 0 Å². The summed E-state index contributed by atoms with van der Waals surface area (Å²) in [6.07, 6.45) is 0. The fraction of sp³-hybridized carbons (Fsp3) is 0.111. The van der Waals surface area contributed by atoms with E-state index in [2.05, 4.69) is 68.5 Å². The van der Waals surface area contributed by atoms with Gasteiger partial charge in [-0.2, -0.15) is 0 Å². The van der Waals surface area contributed by atoms with E-state index in [1.54, 1.807) is 12.1 Å². The Morgan fingerprint density at radius 1 is 0.625 bits per heavy atom. The third-order valence-corrected chi connectivity index (χ3v) is 7.29. The van der Waals surface area contributed by atoms with Crippen molar-refractivity contribution < 1.29 is 14.7 Å². The molecule has 0 N–H and O–H groups in total. The summed E-state index contributed by atoms with van der Waals surface area (Å²) in [7, 11) is -3.10. The van der Waals surface area contributed by atoms with Gasteiger partial charge in [0, 0.05) is 12.6 Å². The lowest BCUT2D eigenvalue weighted by Crippen LogP contribution is -2.50. The maximum atomic E-state index is 10.9. The first-order chi connectivity index (χ1) is 15.3. The third kappa shape index (κ3) is 4.94. The standard InChI is InChI=1S/C18H11BO3.C9H14P/c20-19(21)22-17-7-3-6-12-8-9-15-10-13-4-1-2-5-14(13)11-16(15)18(12)17;1-10(2,3)9-7-5-4-6-8-9/h1-11H;4-8H,1-3H3/q-2;+1. The number of benzene rings is 5. The maximum Gasteiger partial charge on any atom is 0.133 e. The molecule has 0 unspecified atom stereocenters. The average molecular weight is 439 g/mol. The van der Waals surface area contributed by atoms with Crippen LogP contribution in [0.2, 0.25) is 0 Å². The van der Waals surface area contributed by atoms with Crippen LogP contribution in [0, 0.1) is 0 Å². The summed E-state index contributed by atoms with van der Waals surface area (Å²) in [5, 5.41) is 29.4. The van der Waals surface area contributed by atoms with Gasteiger partial charge in [0.25, 0.3) is 0 Å². The number of rotatable bonds is 3. The normalized spacial score (nSPS) is 11.3. The van der Waals surface area contributed by atoms with E-state index in [0.29, 0.717) is 5.75 Å². The zero-order valence-corrected chi connectivity index (χ0v) is 19.4. The van der Waals surface area contributed by atoms with Crippen LogP contribution in [0.15, 0.2) is 97.1 Å². The summed E-state index contributed by atoms with van der Waals surface area (Å²) in [4.78, 5) is 0. The summed E-state index contributed by atoms with van der Waals surface area (Å²) >= 11 is 0. The molecule has 0 aliphatic heterocycles. The molecule has 0 saturated carbocycles. The van der Waals surface area contributed by atoms with Crippen molar-refractivity contribution in [1.82, 2.24) is 0 Å². The second kappa shape index (κ2) is 9.30. The fourth-order valence-electron chi connectivity index (χ4n) is 3.84. The molecule has 32 heavy (non-hydrogen) atoms. The Morgan fingerprint density at radius 2 is 1.22 bits per heavy atom. The van der Waals surface area contributed by atoms with E-state index in [9.17, 15) is 10.0 Å². The fourth-order valence-corrected chi connectivity index (χ4v) is 4.91. The van der Waals surface area contributed by atoms with Gasteiger partial charge >= 0.3 is 0 Å². The predicted octanol–water partition coefficient (Wildman–Crippen LogP) is 4.45. The first-order valence-electron chi connectivity index (χ1n) is 10.5. The van der Waals surface area contributed by atoms with Crippen LogP contribution < -0.4 is 20.0 Å². The molecule has 5 heteroatoms. The lowest BCUT2D eigenvalue weighted by atomic mass is 9.97. The molecule has 0 saturated heterocycles. The molecule has 0 aliphatic rings. The monoisotopic (exact) mass is 439 g/mol. The Morgan fingerprint density at radius 3 is 1.84 bits per heavy atom. The summed E-state index contributed by atoms with van der Waals surface area (Å²) in [6, 6.07) is 32.4. The molecule has 160 valence electrons. The van der Waals surface area contributed by atoms with Gasteiger partial charge in [-0.1, -0.05) is 66.7 Å². The molecule has 0 spiro atoms. The molecule has 3 nitrogen and oxygen atoms in total. The zero-order chi connectivity index (χ0) is 22.7. The van der Waals surface area contributed by atoms with Gasteiger partial charge in [-0.05, 0) is 57.3 Å². The highest BCUT2D eigenvalue weighted by molar-refractivity contribution is 7.80. The zero-order valence-electron chi connectivity index (χ0n) is 18.5. The van der Waals surface area contributed by atoms with Gasteiger partial charge in [-0.3, -0.25) is 0 Å². The molecule has 0 amide bonds. The highest BCUT2D eigenvalue weighted by Gasteiger charge is 2.19. The Kier molecular flexibility index (Phi) is 6.48. The maximum absolute atomic E-state index is 10.9. The van der Waals surface area contributed by atoms with Crippen LogP contribution in [0.3, 0.4) is 0 Å². The highest BCUT2D eigenvalue weighted by atomic mass is 31.2. The van der Waals surface area contributed by atoms with E-state index in [1.807, 2.05) is 36.4 Å². The summed E-state index contributed by atoms with van der Waals surface area (Å²) in [6.45, 7) is 7.01. The lowest BCUT2D eigenvalue weighted by molar-refractivity contribution is -0.372. The van der Waals surface area contributed by atoms with Crippen molar-refractivity contribution in [1.29, 1.82) is 0 Å². The van der Waals surface area contributed by atoms with Crippen LogP contribution in [-0.2, 0) is 0 Å². The third-order valence-electron chi connectivity index (χ3n) is 5.44. The van der Waals surface area contributed by atoms with Crippen LogP contribution in [-0.4, -0.2) is 27.3 Å². The minimum atomic E-state index is -2.33. The summed E-state index contributed by atoms with van der Waals surface area (Å²) in [5.74, 6) is 0.341. The Labute approximate surface area is 189 Å². The molecule has 5 aromatic carbocycles. The molecule has 0 radical (unpaired) electrons. The van der Waals surface area contributed by atoms with Crippen molar-refractivity contribution in [3.63, 3.8) is 0 Å². The Bertz CT molecular complexity index is 1360. The Balaban J connectivity index is 0.000000207. The second-order valence-electron chi connectivity index (χ2n) is 8.59. The topological polar surface area (TPSA) is 55.3 Å². The van der Waals surface area contributed by atoms with E-state index in [1.165, 1.54) is 5.30 Å². The van der Waals surface area contributed by atoms with E-state index in [4.69, 9.17) is 4.65 Å². The van der Waals surface area contributed by atoms with Crippen LogP contribution >= 0.6 is 7.26 Å². The quantitative estimate of drug-likeness (QED) is 0.181. The van der Waals surface area contributed by atoms with Gasteiger partial charge in [-0.15, -0.1) is 0 Å². The predicted molar refractivity (Wildman–Crippen MR) is 136 cm³/mol. The molecule has 0 bridgehead atoms. The van der Waals surface area contributed by atoms with Gasteiger partial charge in [0.1, 0.15) is 13.1 Å². The van der Waals surface area contributed by atoms with Crippen LogP contribution in [0.1, 0.15) is 0 Å². The minimum Gasteiger partial charge on any atom is -0.860 e.